The maximum atomic E-state index is 6.31. The van der Waals surface area contributed by atoms with Crippen molar-refractivity contribution in [3.8, 4) is 5.75 Å². The van der Waals surface area contributed by atoms with Crippen LogP contribution in [0.5, 0.6) is 5.75 Å². The van der Waals surface area contributed by atoms with Gasteiger partial charge in [0.1, 0.15) is 17.4 Å². The number of anilines is 2. The smallest absolute Gasteiger partial charge is 0.146 e. The number of halogens is 2. The van der Waals surface area contributed by atoms with Gasteiger partial charge in [-0.2, -0.15) is 0 Å². The first-order chi connectivity index (χ1) is 11.6. The molecule has 24 heavy (non-hydrogen) atoms. The van der Waals surface area contributed by atoms with Gasteiger partial charge in [0, 0.05) is 18.1 Å². The average Bonchev–Trinajstić information content (AvgIpc) is 2.62. The van der Waals surface area contributed by atoms with E-state index < -0.39 is 0 Å². The molecule has 0 aliphatic carbocycles. The fourth-order valence-electron chi connectivity index (χ4n) is 2.52. The van der Waals surface area contributed by atoms with Gasteiger partial charge in [-0.1, -0.05) is 23.7 Å². The molecule has 3 rings (SSSR count). The van der Waals surface area contributed by atoms with Gasteiger partial charge in [-0.25, -0.2) is 9.97 Å². The molecule has 0 atom stereocenters. The topological polar surface area (TPSA) is 38.2 Å². The first kappa shape index (κ1) is 16.8. The molecule has 0 N–H and O–H groups in total. The van der Waals surface area contributed by atoms with E-state index >= 15 is 0 Å². The second-order valence-corrected chi connectivity index (χ2v) is 5.90. The van der Waals surface area contributed by atoms with Gasteiger partial charge in [0.25, 0.3) is 0 Å². The minimum atomic E-state index is 0.260. The lowest BCUT2D eigenvalue weighted by atomic mass is 10.2. The van der Waals surface area contributed by atoms with Crippen LogP contribution in [-0.4, -0.2) is 23.6 Å². The molecule has 1 aromatic heterocycles. The highest BCUT2D eigenvalue weighted by Gasteiger charge is 2.14. The summed E-state index contributed by atoms with van der Waals surface area (Å²) < 4.78 is 5.49. The summed E-state index contributed by atoms with van der Waals surface area (Å²) in [5, 5.41) is 1.52. The fourth-order valence-corrected chi connectivity index (χ4v) is 2.86. The highest BCUT2D eigenvalue weighted by Crippen LogP contribution is 2.34. The minimum absolute atomic E-state index is 0.260. The van der Waals surface area contributed by atoms with Gasteiger partial charge in [0.05, 0.1) is 23.0 Å². The van der Waals surface area contributed by atoms with Crippen LogP contribution in [-0.2, 0) is 5.88 Å². The number of alkyl halides is 1. The van der Waals surface area contributed by atoms with Crippen LogP contribution in [0.15, 0.2) is 42.5 Å². The van der Waals surface area contributed by atoms with E-state index in [0.29, 0.717) is 23.2 Å². The van der Waals surface area contributed by atoms with Crippen molar-refractivity contribution in [3.63, 3.8) is 0 Å². The molecule has 4 nitrogen and oxygen atoms in total. The fraction of sp³-hybridized carbons (Fsp3) is 0.222. The molecule has 6 heteroatoms. The van der Waals surface area contributed by atoms with Crippen LogP contribution >= 0.6 is 23.2 Å². The SMILES string of the molecule is CCOc1ccc(N(C)c2nc(CCl)nc3ccccc23)cc1Cl. The molecule has 0 radical (unpaired) electrons. The molecule has 3 aromatic rings. The van der Waals surface area contributed by atoms with Crippen molar-refractivity contribution in [2.75, 3.05) is 18.6 Å². The number of nitrogens with zero attached hydrogens (tertiary/aromatic N) is 3. The molecule has 0 amide bonds. The van der Waals surface area contributed by atoms with E-state index in [1.165, 1.54) is 0 Å². The third-order valence-corrected chi connectivity index (χ3v) is 4.20. The van der Waals surface area contributed by atoms with Gasteiger partial charge < -0.3 is 9.64 Å². The van der Waals surface area contributed by atoms with Crippen molar-refractivity contribution in [3.05, 3.63) is 53.3 Å². The number of ether oxygens (including phenoxy) is 1. The summed E-state index contributed by atoms with van der Waals surface area (Å²) in [7, 11) is 1.94. The number of hydrogen-bond acceptors (Lipinski definition) is 4. The molecule has 0 unspecified atom stereocenters. The van der Waals surface area contributed by atoms with E-state index in [9.17, 15) is 0 Å². The Kier molecular flexibility index (Phi) is 5.07. The van der Waals surface area contributed by atoms with E-state index in [2.05, 4.69) is 9.97 Å². The number of rotatable bonds is 5. The highest BCUT2D eigenvalue weighted by molar-refractivity contribution is 6.32. The maximum Gasteiger partial charge on any atom is 0.146 e. The second-order valence-electron chi connectivity index (χ2n) is 5.22. The Balaban J connectivity index is 2.08. The highest BCUT2D eigenvalue weighted by atomic mass is 35.5. The molecular weight excluding hydrogens is 345 g/mol. The zero-order valence-electron chi connectivity index (χ0n) is 13.5. The molecule has 0 aliphatic heterocycles. The summed E-state index contributed by atoms with van der Waals surface area (Å²) in [5.41, 5.74) is 1.77. The van der Waals surface area contributed by atoms with Crippen LogP contribution in [0.25, 0.3) is 10.9 Å². The molecule has 1 heterocycles. The first-order valence-corrected chi connectivity index (χ1v) is 8.53. The zero-order chi connectivity index (χ0) is 17.1. The van der Waals surface area contributed by atoms with Crippen molar-refractivity contribution >= 4 is 45.6 Å². The summed E-state index contributed by atoms with van der Waals surface area (Å²) in [5.74, 6) is 2.31. The van der Waals surface area contributed by atoms with Gasteiger partial charge >= 0.3 is 0 Å². The Hall–Kier alpha value is -2.04. The van der Waals surface area contributed by atoms with Crippen molar-refractivity contribution in [2.24, 2.45) is 0 Å². The van der Waals surface area contributed by atoms with Crippen molar-refractivity contribution in [1.82, 2.24) is 9.97 Å². The van der Waals surface area contributed by atoms with Crippen LogP contribution in [0.4, 0.5) is 11.5 Å². The number of hydrogen-bond donors (Lipinski definition) is 0. The maximum absolute atomic E-state index is 6.31. The summed E-state index contributed by atoms with van der Waals surface area (Å²) in [6, 6.07) is 13.5. The average molecular weight is 362 g/mol. The third kappa shape index (κ3) is 3.25. The lowest BCUT2D eigenvalue weighted by Gasteiger charge is -2.21. The van der Waals surface area contributed by atoms with Crippen LogP contribution in [0.3, 0.4) is 0 Å². The van der Waals surface area contributed by atoms with Gasteiger partial charge in [-0.15, -0.1) is 11.6 Å². The van der Waals surface area contributed by atoms with E-state index in [1.54, 1.807) is 0 Å². The number of benzene rings is 2. The molecule has 0 saturated carbocycles. The standard InChI is InChI=1S/C18H17Cl2N3O/c1-3-24-16-9-8-12(10-14(16)20)23(2)18-13-6-4-5-7-15(13)21-17(11-19)22-18/h4-10H,3,11H2,1-2H3. The Morgan fingerprint density at radius 1 is 1.12 bits per heavy atom. The summed E-state index contributed by atoms with van der Waals surface area (Å²) >= 11 is 12.3. The van der Waals surface area contributed by atoms with Crippen molar-refractivity contribution < 1.29 is 4.74 Å². The predicted molar refractivity (Wildman–Crippen MR) is 99.8 cm³/mol. The van der Waals surface area contributed by atoms with Crippen molar-refractivity contribution in [2.45, 2.75) is 12.8 Å². The molecule has 2 aromatic carbocycles. The van der Waals surface area contributed by atoms with Crippen LogP contribution in [0.1, 0.15) is 12.7 Å². The molecule has 0 fully saturated rings. The van der Waals surface area contributed by atoms with Crippen molar-refractivity contribution in [1.29, 1.82) is 0 Å². The van der Waals surface area contributed by atoms with Gasteiger partial charge in [0.15, 0.2) is 0 Å². The minimum Gasteiger partial charge on any atom is -0.492 e. The molecule has 0 bridgehead atoms. The number of fused-ring (bicyclic) bond motifs is 1. The van der Waals surface area contributed by atoms with E-state index in [1.807, 2.05) is 61.3 Å². The zero-order valence-corrected chi connectivity index (χ0v) is 15.0. The van der Waals surface area contributed by atoms with Gasteiger partial charge in [-0.05, 0) is 37.3 Å². The lowest BCUT2D eigenvalue weighted by Crippen LogP contribution is -2.13. The molecule has 0 spiro atoms. The Labute approximate surface area is 151 Å². The monoisotopic (exact) mass is 361 g/mol. The summed E-state index contributed by atoms with van der Waals surface area (Å²) in [6.45, 7) is 2.50. The Morgan fingerprint density at radius 3 is 2.62 bits per heavy atom. The van der Waals surface area contributed by atoms with E-state index in [4.69, 9.17) is 27.9 Å². The van der Waals surface area contributed by atoms with Crippen LogP contribution < -0.4 is 9.64 Å². The lowest BCUT2D eigenvalue weighted by molar-refractivity contribution is 0.340. The van der Waals surface area contributed by atoms with E-state index in [-0.39, 0.29) is 5.88 Å². The summed E-state index contributed by atoms with van der Waals surface area (Å²) in [6.07, 6.45) is 0. The number of para-hydroxylation sites is 1. The molecule has 0 aliphatic rings. The molecule has 124 valence electrons. The Bertz CT molecular complexity index is 870. The van der Waals surface area contributed by atoms with Gasteiger partial charge in [-0.3, -0.25) is 0 Å². The Morgan fingerprint density at radius 2 is 1.92 bits per heavy atom. The van der Waals surface area contributed by atoms with Gasteiger partial charge in [0.2, 0.25) is 0 Å². The molecule has 0 saturated heterocycles. The second kappa shape index (κ2) is 7.24. The van der Waals surface area contributed by atoms with Crippen LogP contribution in [0, 0.1) is 0 Å². The third-order valence-electron chi connectivity index (χ3n) is 3.67. The molecular formula is C18H17Cl2N3O. The predicted octanol–water partition coefficient (Wildman–Crippen LogP) is 5.19. The van der Waals surface area contributed by atoms with E-state index in [0.717, 1.165) is 22.4 Å². The largest absolute Gasteiger partial charge is 0.492 e. The number of aromatic nitrogens is 2. The summed E-state index contributed by atoms with van der Waals surface area (Å²) in [4.78, 5) is 11.0. The normalized spacial score (nSPS) is 10.8. The quantitative estimate of drug-likeness (QED) is 0.586. The first-order valence-electron chi connectivity index (χ1n) is 7.61. The van der Waals surface area contributed by atoms with Crippen LogP contribution in [0.2, 0.25) is 5.02 Å².